The maximum absolute atomic E-state index is 12.1. The molecule has 0 aliphatic rings. The molecule has 0 heterocycles. The minimum atomic E-state index is -0.169. The van der Waals surface area contributed by atoms with E-state index in [4.69, 9.17) is 11.6 Å². The first-order valence-electron chi connectivity index (χ1n) is 6.34. The van der Waals surface area contributed by atoms with Gasteiger partial charge in [-0.15, -0.1) is 11.8 Å². The van der Waals surface area contributed by atoms with Gasteiger partial charge in [-0.1, -0.05) is 29.3 Å². The van der Waals surface area contributed by atoms with Gasteiger partial charge in [0.15, 0.2) is 0 Å². The predicted octanol–water partition coefficient (Wildman–Crippen LogP) is 4.77. The first-order chi connectivity index (χ1) is 9.54. The van der Waals surface area contributed by atoms with Crippen LogP contribution in [-0.2, 0) is 4.79 Å². The third kappa shape index (κ3) is 4.29. The first kappa shape index (κ1) is 14.9. The van der Waals surface area contributed by atoms with Crippen molar-refractivity contribution >= 4 is 35.0 Å². The highest BCUT2D eigenvalue weighted by Crippen LogP contribution is 2.25. The standard InChI is InChI=1S/C16H16ClNOS/c1-11-3-7-14(8-4-11)18-16(19)12(2)20-15-9-5-13(17)6-10-15/h3-10,12H,1-2H3,(H,18,19). The Morgan fingerprint density at radius 2 is 1.70 bits per heavy atom. The molecule has 20 heavy (non-hydrogen) atoms. The minimum absolute atomic E-state index is 0.00574. The topological polar surface area (TPSA) is 29.1 Å². The van der Waals surface area contributed by atoms with Crippen LogP contribution < -0.4 is 5.32 Å². The molecule has 0 spiro atoms. The van der Waals surface area contributed by atoms with E-state index < -0.39 is 0 Å². The van der Waals surface area contributed by atoms with E-state index in [-0.39, 0.29) is 11.2 Å². The van der Waals surface area contributed by atoms with Gasteiger partial charge in [0, 0.05) is 15.6 Å². The highest BCUT2D eigenvalue weighted by atomic mass is 35.5. The number of anilines is 1. The lowest BCUT2D eigenvalue weighted by molar-refractivity contribution is -0.115. The van der Waals surface area contributed by atoms with Gasteiger partial charge < -0.3 is 5.32 Å². The average molecular weight is 306 g/mol. The van der Waals surface area contributed by atoms with Crippen molar-refractivity contribution in [3.8, 4) is 0 Å². The first-order valence-corrected chi connectivity index (χ1v) is 7.60. The van der Waals surface area contributed by atoms with E-state index in [1.54, 1.807) is 0 Å². The fourth-order valence-corrected chi connectivity index (χ4v) is 2.65. The van der Waals surface area contributed by atoms with E-state index in [1.807, 2.05) is 62.4 Å². The van der Waals surface area contributed by atoms with Gasteiger partial charge in [-0.2, -0.15) is 0 Å². The maximum atomic E-state index is 12.1. The number of carbonyl (C=O) groups is 1. The van der Waals surface area contributed by atoms with E-state index in [0.717, 1.165) is 10.6 Å². The lowest BCUT2D eigenvalue weighted by atomic mass is 10.2. The molecule has 1 atom stereocenters. The monoisotopic (exact) mass is 305 g/mol. The molecule has 0 saturated heterocycles. The third-order valence-corrected chi connectivity index (χ3v) is 4.18. The van der Waals surface area contributed by atoms with Crippen molar-refractivity contribution < 1.29 is 4.79 Å². The Balaban J connectivity index is 1.94. The smallest absolute Gasteiger partial charge is 0.237 e. The fourth-order valence-electron chi connectivity index (χ4n) is 1.65. The summed E-state index contributed by atoms with van der Waals surface area (Å²) in [6.07, 6.45) is 0. The van der Waals surface area contributed by atoms with Gasteiger partial charge in [0.1, 0.15) is 0 Å². The highest BCUT2D eigenvalue weighted by Gasteiger charge is 2.14. The number of carbonyl (C=O) groups excluding carboxylic acids is 1. The molecule has 2 nitrogen and oxygen atoms in total. The molecular weight excluding hydrogens is 290 g/mol. The maximum Gasteiger partial charge on any atom is 0.237 e. The van der Waals surface area contributed by atoms with Crippen LogP contribution in [0.1, 0.15) is 12.5 Å². The van der Waals surface area contributed by atoms with Crippen LogP contribution in [0.15, 0.2) is 53.4 Å². The van der Waals surface area contributed by atoms with Gasteiger partial charge in [-0.25, -0.2) is 0 Å². The van der Waals surface area contributed by atoms with Crippen molar-refractivity contribution in [3.05, 3.63) is 59.1 Å². The number of thioether (sulfide) groups is 1. The summed E-state index contributed by atoms with van der Waals surface area (Å²) in [5.41, 5.74) is 2.00. The lowest BCUT2D eigenvalue weighted by Crippen LogP contribution is -2.22. The zero-order chi connectivity index (χ0) is 14.5. The summed E-state index contributed by atoms with van der Waals surface area (Å²) in [7, 11) is 0. The SMILES string of the molecule is Cc1ccc(NC(=O)C(C)Sc2ccc(Cl)cc2)cc1. The molecule has 1 unspecified atom stereocenters. The number of benzene rings is 2. The molecule has 2 rings (SSSR count). The summed E-state index contributed by atoms with van der Waals surface area (Å²) in [5.74, 6) is -0.00574. The summed E-state index contributed by atoms with van der Waals surface area (Å²) in [4.78, 5) is 13.1. The van der Waals surface area contributed by atoms with Gasteiger partial charge in [0.2, 0.25) is 5.91 Å². The zero-order valence-corrected chi connectivity index (χ0v) is 13.0. The van der Waals surface area contributed by atoms with Gasteiger partial charge in [0.05, 0.1) is 5.25 Å². The Kier molecular flexibility index (Phi) is 5.10. The zero-order valence-electron chi connectivity index (χ0n) is 11.4. The number of hydrogen-bond donors (Lipinski definition) is 1. The lowest BCUT2D eigenvalue weighted by Gasteiger charge is -2.12. The van der Waals surface area contributed by atoms with Gasteiger partial charge in [-0.05, 0) is 50.2 Å². The van der Waals surface area contributed by atoms with Gasteiger partial charge in [-0.3, -0.25) is 4.79 Å². The second kappa shape index (κ2) is 6.82. The Labute approximate surface area is 128 Å². The van der Waals surface area contributed by atoms with Crippen molar-refractivity contribution in [2.24, 2.45) is 0 Å². The molecule has 0 bridgehead atoms. The van der Waals surface area contributed by atoms with E-state index in [1.165, 1.54) is 17.3 Å². The number of aryl methyl sites for hydroxylation is 1. The van der Waals surface area contributed by atoms with Crippen LogP contribution in [0, 0.1) is 6.92 Å². The molecule has 104 valence electrons. The van der Waals surface area contributed by atoms with Crippen molar-refractivity contribution in [2.75, 3.05) is 5.32 Å². The summed E-state index contributed by atoms with van der Waals surface area (Å²) >= 11 is 7.35. The molecular formula is C16H16ClNOS. The van der Waals surface area contributed by atoms with Crippen LogP contribution in [0.3, 0.4) is 0 Å². The molecule has 0 fully saturated rings. The average Bonchev–Trinajstić information content (AvgIpc) is 2.44. The number of halogens is 1. The fraction of sp³-hybridized carbons (Fsp3) is 0.188. The summed E-state index contributed by atoms with van der Waals surface area (Å²) in [6, 6.07) is 15.3. The molecule has 1 amide bonds. The largest absolute Gasteiger partial charge is 0.325 e. The molecule has 0 radical (unpaired) electrons. The van der Waals surface area contributed by atoms with E-state index in [2.05, 4.69) is 5.32 Å². The van der Waals surface area contributed by atoms with Crippen LogP contribution in [0.5, 0.6) is 0 Å². The van der Waals surface area contributed by atoms with E-state index in [0.29, 0.717) is 5.02 Å². The van der Waals surface area contributed by atoms with Crippen LogP contribution in [0.25, 0.3) is 0 Å². The van der Waals surface area contributed by atoms with E-state index >= 15 is 0 Å². The second-order valence-electron chi connectivity index (χ2n) is 4.57. The van der Waals surface area contributed by atoms with Crippen molar-refractivity contribution in [2.45, 2.75) is 24.0 Å². The molecule has 4 heteroatoms. The second-order valence-corrected chi connectivity index (χ2v) is 6.42. The van der Waals surface area contributed by atoms with Crippen molar-refractivity contribution in [1.29, 1.82) is 0 Å². The molecule has 1 N–H and O–H groups in total. The van der Waals surface area contributed by atoms with Crippen LogP contribution >= 0.6 is 23.4 Å². The molecule has 2 aromatic carbocycles. The quantitative estimate of drug-likeness (QED) is 0.825. The molecule has 0 aliphatic carbocycles. The van der Waals surface area contributed by atoms with Crippen molar-refractivity contribution in [1.82, 2.24) is 0 Å². The molecule has 0 aliphatic heterocycles. The van der Waals surface area contributed by atoms with Crippen molar-refractivity contribution in [3.63, 3.8) is 0 Å². The summed E-state index contributed by atoms with van der Waals surface area (Å²) in [5, 5.41) is 3.45. The van der Waals surface area contributed by atoms with E-state index in [9.17, 15) is 4.79 Å². The molecule has 2 aromatic rings. The Hall–Kier alpha value is -1.45. The van der Waals surface area contributed by atoms with Crippen LogP contribution in [-0.4, -0.2) is 11.2 Å². The number of amides is 1. The number of rotatable bonds is 4. The molecule has 0 saturated carbocycles. The highest BCUT2D eigenvalue weighted by molar-refractivity contribution is 8.00. The number of hydrogen-bond acceptors (Lipinski definition) is 2. The summed E-state index contributed by atoms with van der Waals surface area (Å²) in [6.45, 7) is 3.91. The van der Waals surface area contributed by atoms with Crippen LogP contribution in [0.4, 0.5) is 5.69 Å². The van der Waals surface area contributed by atoms with Crippen LogP contribution in [0.2, 0.25) is 5.02 Å². The predicted molar refractivity (Wildman–Crippen MR) is 86.6 cm³/mol. The minimum Gasteiger partial charge on any atom is -0.325 e. The Morgan fingerprint density at radius 3 is 2.30 bits per heavy atom. The third-order valence-electron chi connectivity index (χ3n) is 2.81. The van der Waals surface area contributed by atoms with Gasteiger partial charge in [0.25, 0.3) is 0 Å². The number of nitrogens with one attached hydrogen (secondary N) is 1. The molecule has 0 aromatic heterocycles. The summed E-state index contributed by atoms with van der Waals surface area (Å²) < 4.78 is 0. The Bertz CT molecular complexity index is 580. The van der Waals surface area contributed by atoms with Gasteiger partial charge >= 0.3 is 0 Å². The normalized spacial score (nSPS) is 11.9. The Morgan fingerprint density at radius 1 is 1.10 bits per heavy atom.